The Morgan fingerprint density at radius 1 is 0.913 bits per heavy atom. The number of rotatable bonds is 16. The fourth-order valence-corrected chi connectivity index (χ4v) is 2.89. The van der Waals surface area contributed by atoms with Gasteiger partial charge in [-0.15, -0.1) is 0 Å². The van der Waals surface area contributed by atoms with Crippen molar-refractivity contribution in [2.24, 2.45) is 0 Å². The lowest BCUT2D eigenvalue weighted by Gasteiger charge is -2.22. The highest BCUT2D eigenvalue weighted by Gasteiger charge is 2.26. The molecule has 0 saturated heterocycles. The average molecular weight is 329 g/mol. The highest BCUT2D eigenvalue weighted by molar-refractivity contribution is 5.86. The van der Waals surface area contributed by atoms with E-state index in [-0.39, 0.29) is 11.9 Å². The Balaban J connectivity index is 3.47. The smallest absolute Gasteiger partial charge is 0.164 e. The second-order valence-electron chi connectivity index (χ2n) is 7.18. The molecule has 0 aliphatic heterocycles. The lowest BCUT2D eigenvalue weighted by Crippen LogP contribution is -2.34. The summed E-state index contributed by atoms with van der Waals surface area (Å²) in [6.07, 6.45) is 12.8. The van der Waals surface area contributed by atoms with Crippen LogP contribution in [0, 0.1) is 0 Å². The zero-order valence-corrected chi connectivity index (χ0v) is 16.0. The molecule has 0 aromatic heterocycles. The third-order valence-corrected chi connectivity index (χ3v) is 4.51. The number of ether oxygens (including phenoxy) is 1. The summed E-state index contributed by atoms with van der Waals surface area (Å²) in [7, 11) is 0. The molecular weight excluding hydrogens is 288 g/mol. The molecule has 1 unspecified atom stereocenters. The number of hydrogen-bond donors (Lipinski definition) is 1. The summed E-state index contributed by atoms with van der Waals surface area (Å²) in [6.45, 7) is 8.44. The summed E-state index contributed by atoms with van der Waals surface area (Å²) in [4.78, 5) is 12.0. The van der Waals surface area contributed by atoms with Gasteiger partial charge in [0.2, 0.25) is 0 Å². The van der Waals surface area contributed by atoms with E-state index in [1.165, 1.54) is 19.3 Å². The van der Waals surface area contributed by atoms with E-state index in [9.17, 15) is 9.90 Å². The molecule has 0 aliphatic carbocycles. The third kappa shape index (κ3) is 12.7. The van der Waals surface area contributed by atoms with Crippen LogP contribution in [0.5, 0.6) is 0 Å². The number of hydrogen-bond acceptors (Lipinski definition) is 3. The predicted octanol–water partition coefficient (Wildman–Crippen LogP) is 5.43. The maximum atomic E-state index is 12.0. The highest BCUT2D eigenvalue weighted by atomic mass is 16.5. The predicted molar refractivity (Wildman–Crippen MR) is 97.8 cm³/mol. The van der Waals surface area contributed by atoms with Gasteiger partial charge in [-0.1, -0.05) is 58.3 Å². The van der Waals surface area contributed by atoms with E-state index in [4.69, 9.17) is 4.74 Å². The monoisotopic (exact) mass is 328 g/mol. The van der Waals surface area contributed by atoms with Crippen molar-refractivity contribution in [1.29, 1.82) is 0 Å². The number of aliphatic hydroxyl groups is 1. The second kappa shape index (κ2) is 14.0. The average Bonchev–Trinajstić information content (AvgIpc) is 2.50. The summed E-state index contributed by atoms with van der Waals surface area (Å²) in [5.41, 5.74) is -0.628. The van der Waals surface area contributed by atoms with Crippen LogP contribution in [0.2, 0.25) is 0 Å². The van der Waals surface area contributed by atoms with Crippen molar-refractivity contribution < 1.29 is 14.6 Å². The van der Waals surface area contributed by atoms with Crippen LogP contribution in [0.25, 0.3) is 0 Å². The standard InChI is InChI=1S/C20H40O3/c1-5-7-8-12-15-18(21)16-13-10-9-11-14-17-19(22)20(3,4)23-6-2/h18,21H,5-17H2,1-4H3. The Labute approximate surface area is 144 Å². The molecule has 23 heavy (non-hydrogen) atoms. The van der Waals surface area contributed by atoms with Crippen molar-refractivity contribution >= 4 is 5.78 Å². The first kappa shape index (κ1) is 22.6. The first-order chi connectivity index (χ1) is 10.9. The van der Waals surface area contributed by atoms with Gasteiger partial charge in [-0.05, 0) is 40.0 Å². The molecule has 0 aromatic carbocycles. The molecule has 0 heterocycles. The molecule has 138 valence electrons. The molecule has 0 saturated carbocycles. The summed E-state index contributed by atoms with van der Waals surface area (Å²) in [5.74, 6) is 0.210. The third-order valence-electron chi connectivity index (χ3n) is 4.51. The number of Topliss-reactive ketones (excluding diaryl/α,β-unsaturated/α-hetero) is 1. The maximum absolute atomic E-state index is 12.0. The van der Waals surface area contributed by atoms with Gasteiger partial charge in [-0.25, -0.2) is 0 Å². The van der Waals surface area contributed by atoms with Gasteiger partial charge in [0.25, 0.3) is 0 Å². The zero-order valence-electron chi connectivity index (χ0n) is 16.0. The number of carbonyl (C=O) groups excluding carboxylic acids is 1. The van der Waals surface area contributed by atoms with Crippen LogP contribution in [-0.4, -0.2) is 29.2 Å². The Kier molecular flexibility index (Phi) is 13.7. The van der Waals surface area contributed by atoms with Crippen molar-refractivity contribution in [3.8, 4) is 0 Å². The van der Waals surface area contributed by atoms with Crippen LogP contribution < -0.4 is 0 Å². The largest absolute Gasteiger partial charge is 0.393 e. The Hall–Kier alpha value is -0.410. The van der Waals surface area contributed by atoms with Crippen molar-refractivity contribution in [2.75, 3.05) is 6.61 Å². The molecule has 3 heteroatoms. The SMILES string of the molecule is CCCCCCC(O)CCCCCCCC(=O)C(C)(C)OCC. The molecule has 0 rings (SSSR count). The molecule has 1 atom stereocenters. The molecule has 0 spiro atoms. The molecule has 0 fully saturated rings. The number of aliphatic hydroxyl groups excluding tert-OH is 1. The zero-order chi connectivity index (χ0) is 17.6. The summed E-state index contributed by atoms with van der Waals surface area (Å²) < 4.78 is 5.48. The molecule has 0 radical (unpaired) electrons. The fourth-order valence-electron chi connectivity index (χ4n) is 2.89. The van der Waals surface area contributed by atoms with Crippen LogP contribution >= 0.6 is 0 Å². The van der Waals surface area contributed by atoms with E-state index in [2.05, 4.69) is 6.92 Å². The lowest BCUT2D eigenvalue weighted by molar-refractivity contribution is -0.139. The van der Waals surface area contributed by atoms with Crippen molar-refractivity contribution in [1.82, 2.24) is 0 Å². The van der Waals surface area contributed by atoms with E-state index >= 15 is 0 Å². The van der Waals surface area contributed by atoms with Gasteiger partial charge in [0.1, 0.15) is 5.60 Å². The molecule has 0 amide bonds. The van der Waals surface area contributed by atoms with E-state index < -0.39 is 5.60 Å². The van der Waals surface area contributed by atoms with E-state index in [0.29, 0.717) is 13.0 Å². The van der Waals surface area contributed by atoms with Crippen molar-refractivity contribution in [2.45, 2.75) is 116 Å². The van der Waals surface area contributed by atoms with Gasteiger partial charge in [0, 0.05) is 13.0 Å². The molecule has 0 aliphatic rings. The topological polar surface area (TPSA) is 46.5 Å². The second-order valence-corrected chi connectivity index (χ2v) is 7.18. The molecule has 1 N–H and O–H groups in total. The van der Waals surface area contributed by atoms with Crippen LogP contribution in [0.3, 0.4) is 0 Å². The minimum atomic E-state index is -0.628. The minimum Gasteiger partial charge on any atom is -0.393 e. The van der Waals surface area contributed by atoms with E-state index in [0.717, 1.165) is 51.4 Å². The Morgan fingerprint density at radius 3 is 2.00 bits per heavy atom. The van der Waals surface area contributed by atoms with Gasteiger partial charge in [-0.3, -0.25) is 4.79 Å². The fraction of sp³-hybridized carbons (Fsp3) is 0.950. The maximum Gasteiger partial charge on any atom is 0.164 e. The molecule has 3 nitrogen and oxygen atoms in total. The van der Waals surface area contributed by atoms with Crippen LogP contribution in [-0.2, 0) is 9.53 Å². The van der Waals surface area contributed by atoms with Gasteiger partial charge in [0.15, 0.2) is 5.78 Å². The van der Waals surface area contributed by atoms with Crippen LogP contribution in [0.15, 0.2) is 0 Å². The molecule has 0 bridgehead atoms. The van der Waals surface area contributed by atoms with Crippen LogP contribution in [0.4, 0.5) is 0 Å². The summed E-state index contributed by atoms with van der Waals surface area (Å²) >= 11 is 0. The van der Waals surface area contributed by atoms with Gasteiger partial charge < -0.3 is 9.84 Å². The lowest BCUT2D eigenvalue weighted by atomic mass is 9.97. The normalized spacial score (nSPS) is 13.3. The number of unbranched alkanes of at least 4 members (excludes halogenated alkanes) is 7. The Bertz CT molecular complexity index is 287. The number of carbonyl (C=O) groups is 1. The van der Waals surface area contributed by atoms with Gasteiger partial charge in [0.05, 0.1) is 6.10 Å². The minimum absolute atomic E-state index is 0.111. The summed E-state index contributed by atoms with van der Waals surface area (Å²) in [5, 5.41) is 9.91. The van der Waals surface area contributed by atoms with Gasteiger partial charge >= 0.3 is 0 Å². The first-order valence-corrected chi connectivity index (χ1v) is 9.79. The van der Waals surface area contributed by atoms with Crippen molar-refractivity contribution in [3.63, 3.8) is 0 Å². The van der Waals surface area contributed by atoms with E-state index in [1.54, 1.807) is 0 Å². The van der Waals surface area contributed by atoms with Gasteiger partial charge in [-0.2, -0.15) is 0 Å². The van der Waals surface area contributed by atoms with Crippen LogP contribution in [0.1, 0.15) is 105 Å². The number of ketones is 1. The van der Waals surface area contributed by atoms with E-state index in [1.807, 2.05) is 20.8 Å². The highest BCUT2D eigenvalue weighted by Crippen LogP contribution is 2.17. The molecular formula is C20H40O3. The first-order valence-electron chi connectivity index (χ1n) is 9.79. The quantitative estimate of drug-likeness (QED) is 0.384. The Morgan fingerprint density at radius 2 is 1.43 bits per heavy atom. The van der Waals surface area contributed by atoms with Crippen molar-refractivity contribution in [3.05, 3.63) is 0 Å². The summed E-state index contributed by atoms with van der Waals surface area (Å²) in [6, 6.07) is 0. The molecule has 0 aromatic rings.